The summed E-state index contributed by atoms with van der Waals surface area (Å²) in [5.41, 5.74) is 3.67. The number of aliphatic hydroxyl groups is 1. The lowest BCUT2D eigenvalue weighted by molar-refractivity contribution is -0.138. The van der Waals surface area contributed by atoms with Crippen molar-refractivity contribution in [3.63, 3.8) is 0 Å². The Bertz CT molecular complexity index is 987. The van der Waals surface area contributed by atoms with Crippen molar-refractivity contribution in [1.29, 1.82) is 0 Å². The largest absolute Gasteiger partial charge is 0.481 e. The molecule has 27 heavy (non-hydrogen) atoms. The molecule has 0 bridgehead atoms. The Morgan fingerprint density at radius 2 is 1.81 bits per heavy atom. The number of aliphatic carboxylic acids is 1. The molecule has 2 N–H and O–H groups in total. The van der Waals surface area contributed by atoms with E-state index in [1.54, 1.807) is 18.2 Å². The number of rotatable bonds is 6. The summed E-state index contributed by atoms with van der Waals surface area (Å²) in [6.07, 6.45) is 1.81. The zero-order valence-electron chi connectivity index (χ0n) is 15.3. The van der Waals surface area contributed by atoms with Gasteiger partial charge in [0.05, 0.1) is 12.5 Å². The molecular weight excluding hydrogens is 345 g/mol. The Balaban J connectivity index is 2.24. The van der Waals surface area contributed by atoms with Crippen LogP contribution in [0.1, 0.15) is 32.0 Å². The number of hydrogen-bond donors (Lipinski definition) is 2. The average Bonchev–Trinajstić information content (AvgIpc) is 2.94. The van der Waals surface area contributed by atoms with Gasteiger partial charge in [-0.1, -0.05) is 36.4 Å². The molecule has 1 heterocycles. The maximum atomic E-state index is 13.4. The molecule has 1 unspecified atom stereocenters. The molecule has 0 spiro atoms. The van der Waals surface area contributed by atoms with Gasteiger partial charge in [-0.05, 0) is 43.7 Å². The van der Waals surface area contributed by atoms with Gasteiger partial charge in [-0.2, -0.15) is 0 Å². The standard InChI is InChI=1S/C22H22FNO3/c1-14(2)24-19-6-4-3-5-18(19)22(15-7-9-16(23)10-8-15)20(24)12-11-17(25)13-21(26)27/h3-12,14,17,25H,13H2,1-2H3,(H,26,27)/b12-11+. The van der Waals surface area contributed by atoms with Gasteiger partial charge in [0.2, 0.25) is 0 Å². The summed E-state index contributed by atoms with van der Waals surface area (Å²) in [6, 6.07) is 14.4. The number of carboxylic acids is 1. The van der Waals surface area contributed by atoms with Gasteiger partial charge in [-0.25, -0.2) is 4.39 Å². The van der Waals surface area contributed by atoms with Gasteiger partial charge in [0.15, 0.2) is 0 Å². The van der Waals surface area contributed by atoms with Gasteiger partial charge in [0.1, 0.15) is 5.82 Å². The number of aliphatic hydroxyl groups excluding tert-OH is 1. The summed E-state index contributed by atoms with van der Waals surface area (Å²) in [4.78, 5) is 10.8. The highest BCUT2D eigenvalue weighted by atomic mass is 19.1. The number of hydrogen-bond acceptors (Lipinski definition) is 2. The molecule has 0 saturated heterocycles. The molecular formula is C22H22FNO3. The first-order valence-electron chi connectivity index (χ1n) is 8.85. The van der Waals surface area contributed by atoms with Crippen molar-refractivity contribution in [2.45, 2.75) is 32.4 Å². The predicted molar refractivity (Wildman–Crippen MR) is 105 cm³/mol. The van der Waals surface area contributed by atoms with Crippen LogP contribution < -0.4 is 0 Å². The molecule has 5 heteroatoms. The van der Waals surface area contributed by atoms with Crippen molar-refractivity contribution in [3.8, 4) is 11.1 Å². The molecule has 0 amide bonds. The number of carbonyl (C=O) groups is 1. The fraction of sp³-hybridized carbons (Fsp3) is 0.227. The predicted octanol–water partition coefficient (Wildman–Crippen LogP) is 4.88. The number of nitrogens with zero attached hydrogens (tertiary/aromatic N) is 1. The summed E-state index contributed by atoms with van der Waals surface area (Å²) >= 11 is 0. The molecule has 1 atom stereocenters. The minimum absolute atomic E-state index is 0.139. The molecule has 0 aliphatic heterocycles. The van der Waals surface area contributed by atoms with E-state index >= 15 is 0 Å². The Morgan fingerprint density at radius 1 is 1.15 bits per heavy atom. The highest BCUT2D eigenvalue weighted by Crippen LogP contribution is 2.37. The van der Waals surface area contributed by atoms with Crippen LogP contribution in [-0.4, -0.2) is 26.9 Å². The summed E-state index contributed by atoms with van der Waals surface area (Å²) in [5.74, 6) is -1.37. The van der Waals surface area contributed by atoms with Gasteiger partial charge < -0.3 is 14.8 Å². The minimum atomic E-state index is -1.08. The van der Waals surface area contributed by atoms with Crippen LogP contribution in [0.5, 0.6) is 0 Å². The Hall–Kier alpha value is -2.92. The van der Waals surface area contributed by atoms with Gasteiger partial charge >= 0.3 is 5.97 Å². The molecule has 0 radical (unpaired) electrons. The number of para-hydroxylation sites is 1. The lowest BCUT2D eigenvalue weighted by Crippen LogP contribution is -2.10. The number of carboxylic acid groups (broad SMARTS) is 1. The molecule has 0 fully saturated rings. The zero-order valence-corrected chi connectivity index (χ0v) is 15.3. The molecule has 3 aromatic rings. The molecule has 1 aromatic heterocycles. The van der Waals surface area contributed by atoms with Gasteiger partial charge in [0, 0.05) is 28.2 Å². The van der Waals surface area contributed by atoms with Gasteiger partial charge in [-0.15, -0.1) is 0 Å². The van der Waals surface area contributed by atoms with Crippen LogP contribution in [0.25, 0.3) is 28.1 Å². The smallest absolute Gasteiger partial charge is 0.306 e. The summed E-state index contributed by atoms with van der Waals surface area (Å²) in [5, 5.41) is 19.8. The second-order valence-electron chi connectivity index (χ2n) is 6.77. The van der Waals surface area contributed by atoms with Crippen molar-refractivity contribution in [1.82, 2.24) is 4.57 Å². The Morgan fingerprint density at radius 3 is 2.44 bits per heavy atom. The van der Waals surface area contributed by atoms with Crippen molar-refractivity contribution in [3.05, 3.63) is 66.1 Å². The van der Waals surface area contributed by atoms with Crippen LogP contribution in [0.2, 0.25) is 0 Å². The fourth-order valence-corrected chi connectivity index (χ4v) is 3.37. The van der Waals surface area contributed by atoms with Crippen molar-refractivity contribution < 1.29 is 19.4 Å². The summed E-state index contributed by atoms with van der Waals surface area (Å²) in [6.45, 7) is 4.12. The maximum absolute atomic E-state index is 13.4. The van der Waals surface area contributed by atoms with Crippen LogP contribution in [-0.2, 0) is 4.79 Å². The van der Waals surface area contributed by atoms with Crippen LogP contribution >= 0.6 is 0 Å². The third-order valence-corrected chi connectivity index (χ3v) is 4.46. The number of fused-ring (bicyclic) bond motifs is 1. The zero-order chi connectivity index (χ0) is 19.6. The van der Waals surface area contributed by atoms with Gasteiger partial charge in [-0.3, -0.25) is 4.79 Å². The van der Waals surface area contributed by atoms with E-state index < -0.39 is 12.1 Å². The lowest BCUT2D eigenvalue weighted by Gasteiger charge is -2.14. The summed E-state index contributed by atoms with van der Waals surface area (Å²) in [7, 11) is 0. The van der Waals surface area contributed by atoms with E-state index in [1.165, 1.54) is 18.2 Å². The lowest BCUT2D eigenvalue weighted by atomic mass is 10.0. The molecule has 140 valence electrons. The quantitative estimate of drug-likeness (QED) is 0.653. The minimum Gasteiger partial charge on any atom is -0.481 e. The van der Waals surface area contributed by atoms with E-state index in [4.69, 9.17) is 5.11 Å². The molecule has 2 aromatic carbocycles. The molecule has 0 saturated carbocycles. The average molecular weight is 367 g/mol. The van der Waals surface area contributed by atoms with Crippen LogP contribution in [0, 0.1) is 5.82 Å². The topological polar surface area (TPSA) is 62.5 Å². The monoisotopic (exact) mass is 367 g/mol. The van der Waals surface area contributed by atoms with E-state index in [1.807, 2.05) is 24.3 Å². The number of benzene rings is 2. The number of halogens is 1. The highest BCUT2D eigenvalue weighted by Gasteiger charge is 2.19. The molecule has 4 nitrogen and oxygen atoms in total. The normalized spacial score (nSPS) is 12.9. The first-order chi connectivity index (χ1) is 12.9. The third kappa shape index (κ3) is 3.93. The Kier molecular flexibility index (Phi) is 5.42. The molecule has 3 rings (SSSR count). The molecule has 0 aliphatic carbocycles. The van der Waals surface area contributed by atoms with E-state index in [0.717, 1.165) is 27.7 Å². The van der Waals surface area contributed by atoms with E-state index in [9.17, 15) is 14.3 Å². The van der Waals surface area contributed by atoms with E-state index in [-0.39, 0.29) is 18.3 Å². The fourth-order valence-electron chi connectivity index (χ4n) is 3.37. The van der Waals surface area contributed by atoms with Gasteiger partial charge in [0.25, 0.3) is 0 Å². The van der Waals surface area contributed by atoms with Crippen LogP contribution in [0.3, 0.4) is 0 Å². The van der Waals surface area contributed by atoms with Crippen molar-refractivity contribution >= 4 is 22.9 Å². The molecule has 0 aliphatic rings. The maximum Gasteiger partial charge on any atom is 0.306 e. The van der Waals surface area contributed by atoms with Crippen LogP contribution in [0.15, 0.2) is 54.6 Å². The second-order valence-corrected chi connectivity index (χ2v) is 6.77. The first kappa shape index (κ1) is 18.9. The van der Waals surface area contributed by atoms with Crippen molar-refractivity contribution in [2.75, 3.05) is 0 Å². The highest BCUT2D eigenvalue weighted by molar-refractivity contribution is 6.01. The third-order valence-electron chi connectivity index (χ3n) is 4.46. The number of aromatic nitrogens is 1. The van der Waals surface area contributed by atoms with E-state index in [0.29, 0.717) is 0 Å². The van der Waals surface area contributed by atoms with Crippen LogP contribution in [0.4, 0.5) is 4.39 Å². The SMILES string of the molecule is CC(C)n1c(/C=C/C(O)CC(=O)O)c(-c2ccc(F)cc2)c2ccccc21. The van der Waals surface area contributed by atoms with E-state index in [2.05, 4.69) is 18.4 Å². The second kappa shape index (κ2) is 7.76. The summed E-state index contributed by atoms with van der Waals surface area (Å²) < 4.78 is 15.6. The first-order valence-corrected chi connectivity index (χ1v) is 8.85. The Labute approximate surface area is 157 Å². The van der Waals surface area contributed by atoms with Crippen molar-refractivity contribution in [2.24, 2.45) is 0 Å².